The van der Waals surface area contributed by atoms with E-state index in [4.69, 9.17) is 4.42 Å². The molecule has 0 aliphatic rings. The summed E-state index contributed by atoms with van der Waals surface area (Å²) < 4.78 is 7.48. The van der Waals surface area contributed by atoms with Crippen LogP contribution in [0.1, 0.15) is 11.9 Å². The Hall–Kier alpha value is -2.21. The Morgan fingerprint density at radius 1 is 1.26 bits per heavy atom. The third kappa shape index (κ3) is 1.64. The molecule has 1 aromatic carbocycles. The molecule has 19 heavy (non-hydrogen) atoms. The van der Waals surface area contributed by atoms with Gasteiger partial charge in [-0.05, 0) is 18.6 Å². The summed E-state index contributed by atoms with van der Waals surface area (Å²) in [4.78, 5) is 9.81. The summed E-state index contributed by atoms with van der Waals surface area (Å²) in [5, 5.41) is 5.51. The minimum absolute atomic E-state index is 0.539. The fourth-order valence-corrected chi connectivity index (χ4v) is 2.78. The molecule has 0 fully saturated rings. The summed E-state index contributed by atoms with van der Waals surface area (Å²) in [6.07, 6.45) is 2.78. The molecule has 0 unspecified atom stereocenters. The number of para-hydroxylation sites is 2. The van der Waals surface area contributed by atoms with Gasteiger partial charge in [-0.25, -0.2) is 14.5 Å². The van der Waals surface area contributed by atoms with E-state index in [-0.39, 0.29) is 0 Å². The Labute approximate surface area is 112 Å². The average Bonchev–Trinajstić information content (AvgIpc) is 3.09. The van der Waals surface area contributed by atoms with Crippen molar-refractivity contribution in [2.45, 2.75) is 13.3 Å². The molecule has 4 rings (SSSR count). The van der Waals surface area contributed by atoms with E-state index in [1.54, 1.807) is 15.9 Å². The van der Waals surface area contributed by atoms with E-state index in [1.807, 2.05) is 30.5 Å². The summed E-state index contributed by atoms with van der Waals surface area (Å²) in [7, 11) is 0. The highest BCUT2D eigenvalue weighted by Crippen LogP contribution is 2.25. The van der Waals surface area contributed by atoms with Crippen molar-refractivity contribution >= 4 is 27.4 Å². The zero-order valence-electron chi connectivity index (χ0n) is 10.2. The number of rotatable bonds is 2. The summed E-state index contributed by atoms with van der Waals surface area (Å²) in [5.41, 5.74) is 2.34. The first-order valence-corrected chi connectivity index (χ1v) is 6.86. The van der Waals surface area contributed by atoms with Crippen molar-refractivity contribution in [3.63, 3.8) is 0 Å². The molecule has 0 saturated carbocycles. The number of nitrogens with zero attached hydrogens (tertiary/aromatic N) is 4. The van der Waals surface area contributed by atoms with Gasteiger partial charge in [0.25, 0.3) is 0 Å². The highest BCUT2D eigenvalue weighted by molar-refractivity contribution is 7.16. The standard InChI is InChI=1S/C13H10N4OS/c1-2-11-16-17-7-9(15-13(17)19-11)12-14-8-5-3-4-6-10(8)18-12/h3-7H,2H2,1H3. The Balaban J connectivity index is 1.86. The molecule has 0 radical (unpaired) electrons. The van der Waals surface area contributed by atoms with Crippen LogP contribution in [0.2, 0.25) is 0 Å². The van der Waals surface area contributed by atoms with Gasteiger partial charge in [0.15, 0.2) is 5.58 Å². The molecule has 0 aliphatic heterocycles. The highest BCUT2D eigenvalue weighted by Gasteiger charge is 2.13. The predicted octanol–water partition coefficient (Wildman–Crippen LogP) is 3.16. The van der Waals surface area contributed by atoms with Gasteiger partial charge in [0.1, 0.15) is 16.2 Å². The number of imidazole rings is 1. The smallest absolute Gasteiger partial charge is 0.247 e. The normalized spacial score (nSPS) is 11.6. The quantitative estimate of drug-likeness (QED) is 0.561. The van der Waals surface area contributed by atoms with Crippen molar-refractivity contribution in [1.82, 2.24) is 19.6 Å². The van der Waals surface area contributed by atoms with Crippen LogP contribution in [0.15, 0.2) is 34.9 Å². The maximum atomic E-state index is 5.70. The minimum Gasteiger partial charge on any atom is -0.435 e. The average molecular weight is 270 g/mol. The summed E-state index contributed by atoms with van der Waals surface area (Å²) in [5.74, 6) is 0.539. The third-order valence-electron chi connectivity index (χ3n) is 2.90. The Morgan fingerprint density at radius 2 is 2.16 bits per heavy atom. The monoisotopic (exact) mass is 270 g/mol. The van der Waals surface area contributed by atoms with Gasteiger partial charge in [0.2, 0.25) is 10.9 Å². The van der Waals surface area contributed by atoms with Gasteiger partial charge in [-0.3, -0.25) is 0 Å². The molecule has 0 saturated heterocycles. The lowest BCUT2D eigenvalue weighted by molar-refractivity contribution is 0.617. The van der Waals surface area contributed by atoms with Crippen LogP contribution in [0, 0.1) is 0 Å². The SMILES string of the molecule is CCc1nn2cc(-c3nc4ccccc4o3)nc2s1. The number of oxazole rings is 1. The van der Waals surface area contributed by atoms with E-state index in [0.29, 0.717) is 5.89 Å². The van der Waals surface area contributed by atoms with Crippen molar-refractivity contribution in [2.75, 3.05) is 0 Å². The number of aromatic nitrogens is 4. The van der Waals surface area contributed by atoms with Crippen molar-refractivity contribution in [1.29, 1.82) is 0 Å². The van der Waals surface area contributed by atoms with Crippen LogP contribution in [-0.2, 0) is 6.42 Å². The molecule has 0 spiro atoms. The van der Waals surface area contributed by atoms with E-state index in [1.165, 1.54) is 0 Å². The molecule has 5 nitrogen and oxygen atoms in total. The second-order valence-electron chi connectivity index (χ2n) is 4.19. The third-order valence-corrected chi connectivity index (χ3v) is 3.97. The molecule has 3 aromatic heterocycles. The lowest BCUT2D eigenvalue weighted by Crippen LogP contribution is -1.83. The molecule has 0 N–H and O–H groups in total. The summed E-state index contributed by atoms with van der Waals surface area (Å²) in [6.45, 7) is 2.08. The number of hydrogen-bond acceptors (Lipinski definition) is 5. The van der Waals surface area contributed by atoms with Gasteiger partial charge in [0.05, 0.1) is 6.20 Å². The predicted molar refractivity (Wildman–Crippen MR) is 73.2 cm³/mol. The molecule has 0 atom stereocenters. The summed E-state index contributed by atoms with van der Waals surface area (Å²) in [6, 6.07) is 7.69. The zero-order valence-corrected chi connectivity index (χ0v) is 11.0. The van der Waals surface area contributed by atoms with Crippen molar-refractivity contribution in [2.24, 2.45) is 0 Å². The maximum absolute atomic E-state index is 5.70. The van der Waals surface area contributed by atoms with E-state index >= 15 is 0 Å². The summed E-state index contributed by atoms with van der Waals surface area (Å²) >= 11 is 1.59. The fourth-order valence-electron chi connectivity index (χ4n) is 1.97. The molecular weight excluding hydrogens is 260 g/mol. The second-order valence-corrected chi connectivity index (χ2v) is 5.23. The van der Waals surface area contributed by atoms with Crippen LogP contribution in [0.25, 0.3) is 27.6 Å². The first-order chi connectivity index (χ1) is 9.33. The van der Waals surface area contributed by atoms with Gasteiger partial charge >= 0.3 is 0 Å². The van der Waals surface area contributed by atoms with E-state index in [2.05, 4.69) is 22.0 Å². The second kappa shape index (κ2) is 3.89. The van der Waals surface area contributed by atoms with Crippen LogP contribution in [-0.4, -0.2) is 19.6 Å². The highest BCUT2D eigenvalue weighted by atomic mass is 32.1. The first kappa shape index (κ1) is 10.7. The molecule has 3 heterocycles. The Morgan fingerprint density at radius 3 is 2.95 bits per heavy atom. The molecule has 4 aromatic rings. The largest absolute Gasteiger partial charge is 0.435 e. The van der Waals surface area contributed by atoms with Gasteiger partial charge in [-0.15, -0.1) is 0 Å². The Bertz CT molecular complexity index is 809. The van der Waals surface area contributed by atoms with Crippen molar-refractivity contribution < 1.29 is 4.42 Å². The van der Waals surface area contributed by atoms with Gasteiger partial charge in [-0.2, -0.15) is 5.10 Å². The topological polar surface area (TPSA) is 56.2 Å². The molecule has 0 aliphatic carbocycles. The maximum Gasteiger partial charge on any atom is 0.247 e. The lowest BCUT2D eigenvalue weighted by atomic mass is 10.3. The number of hydrogen-bond donors (Lipinski definition) is 0. The van der Waals surface area contributed by atoms with Crippen LogP contribution >= 0.6 is 11.3 Å². The molecule has 0 amide bonds. The fraction of sp³-hybridized carbons (Fsp3) is 0.154. The minimum atomic E-state index is 0.539. The molecule has 94 valence electrons. The number of benzene rings is 1. The Kier molecular flexibility index (Phi) is 2.19. The van der Waals surface area contributed by atoms with Gasteiger partial charge in [0, 0.05) is 0 Å². The van der Waals surface area contributed by atoms with Crippen molar-refractivity contribution in [3.05, 3.63) is 35.5 Å². The van der Waals surface area contributed by atoms with Crippen LogP contribution in [0.4, 0.5) is 0 Å². The first-order valence-electron chi connectivity index (χ1n) is 6.04. The number of fused-ring (bicyclic) bond motifs is 2. The lowest BCUT2D eigenvalue weighted by Gasteiger charge is -1.85. The van der Waals surface area contributed by atoms with E-state index in [9.17, 15) is 0 Å². The van der Waals surface area contributed by atoms with E-state index in [0.717, 1.165) is 33.2 Å². The molecule has 0 bridgehead atoms. The number of aryl methyl sites for hydroxylation is 1. The zero-order chi connectivity index (χ0) is 12.8. The molecule has 6 heteroatoms. The van der Waals surface area contributed by atoms with Gasteiger partial charge < -0.3 is 4.42 Å². The van der Waals surface area contributed by atoms with Crippen molar-refractivity contribution in [3.8, 4) is 11.6 Å². The molecular formula is C13H10N4OS. The van der Waals surface area contributed by atoms with E-state index < -0.39 is 0 Å². The van der Waals surface area contributed by atoms with Crippen LogP contribution in [0.3, 0.4) is 0 Å². The van der Waals surface area contributed by atoms with Crippen LogP contribution < -0.4 is 0 Å². The van der Waals surface area contributed by atoms with Gasteiger partial charge in [-0.1, -0.05) is 30.4 Å². The van der Waals surface area contributed by atoms with Crippen LogP contribution in [0.5, 0.6) is 0 Å².